The molecule has 1 amide bonds. The Hall–Kier alpha value is -2.31. The highest BCUT2D eigenvalue weighted by atomic mass is 19.1. The van der Waals surface area contributed by atoms with Gasteiger partial charge in [0, 0.05) is 6.42 Å². The fourth-order valence-electron chi connectivity index (χ4n) is 1.90. The van der Waals surface area contributed by atoms with Crippen molar-refractivity contribution < 1.29 is 28.2 Å². The Balaban J connectivity index is 2.72. The first-order valence-corrected chi connectivity index (χ1v) is 7.60. The van der Waals surface area contributed by atoms with Crippen LogP contribution in [0.1, 0.15) is 26.3 Å². The predicted octanol–water partition coefficient (Wildman–Crippen LogP) is 2.64. The largest absolute Gasteiger partial charge is 0.491 e. The van der Waals surface area contributed by atoms with Gasteiger partial charge in [0.2, 0.25) is 0 Å². The smallest absolute Gasteiger partial charge is 0.408 e. The Bertz CT molecular complexity index is 539. The van der Waals surface area contributed by atoms with Crippen molar-refractivity contribution in [2.75, 3.05) is 20.4 Å². The fourth-order valence-corrected chi connectivity index (χ4v) is 1.90. The molecule has 0 aliphatic rings. The highest BCUT2D eigenvalue weighted by Crippen LogP contribution is 2.14. The van der Waals surface area contributed by atoms with E-state index in [1.54, 1.807) is 45.0 Å². The minimum Gasteiger partial charge on any atom is -0.491 e. The molecule has 0 aliphatic heterocycles. The standard InChI is InChI=1S/C17H24FNO5/c1-17(2,3)24-16(21)19-14(15(20)22-4)11-12-5-7-13(8-6-12)23-10-9-18/h5-8,14H,9-11H2,1-4H3,(H,19,21)/t14-/m0/s1. The van der Waals surface area contributed by atoms with Gasteiger partial charge in [-0.3, -0.25) is 0 Å². The van der Waals surface area contributed by atoms with Gasteiger partial charge in [-0.1, -0.05) is 12.1 Å². The van der Waals surface area contributed by atoms with E-state index >= 15 is 0 Å². The minimum atomic E-state index is -0.873. The number of rotatable bonds is 7. The maximum absolute atomic E-state index is 12.1. The van der Waals surface area contributed by atoms with Crippen molar-refractivity contribution in [3.8, 4) is 5.75 Å². The number of halogens is 1. The second-order valence-corrected chi connectivity index (χ2v) is 6.11. The van der Waals surface area contributed by atoms with Gasteiger partial charge < -0.3 is 19.5 Å². The van der Waals surface area contributed by atoms with Gasteiger partial charge in [0.05, 0.1) is 7.11 Å². The lowest BCUT2D eigenvalue weighted by molar-refractivity contribution is -0.143. The summed E-state index contributed by atoms with van der Waals surface area (Å²) in [6.07, 6.45) is -0.462. The Morgan fingerprint density at radius 1 is 1.21 bits per heavy atom. The van der Waals surface area contributed by atoms with E-state index in [2.05, 4.69) is 5.32 Å². The van der Waals surface area contributed by atoms with Crippen LogP contribution in [0.4, 0.5) is 9.18 Å². The SMILES string of the molecule is COC(=O)[C@H](Cc1ccc(OCCF)cc1)NC(=O)OC(C)(C)C. The summed E-state index contributed by atoms with van der Waals surface area (Å²) in [4.78, 5) is 23.7. The van der Waals surface area contributed by atoms with Crippen LogP contribution in [0.15, 0.2) is 24.3 Å². The van der Waals surface area contributed by atoms with Crippen LogP contribution >= 0.6 is 0 Å². The molecule has 0 unspecified atom stereocenters. The third-order valence-corrected chi connectivity index (χ3v) is 2.89. The number of amides is 1. The quantitative estimate of drug-likeness (QED) is 0.772. The summed E-state index contributed by atoms with van der Waals surface area (Å²) in [5.41, 5.74) is 0.120. The maximum atomic E-state index is 12.1. The fraction of sp³-hybridized carbons (Fsp3) is 0.529. The van der Waals surface area contributed by atoms with Crippen LogP contribution in [0.2, 0.25) is 0 Å². The molecule has 0 aliphatic carbocycles. The molecule has 0 aromatic heterocycles. The Kier molecular flexibility index (Phi) is 7.48. The summed E-state index contributed by atoms with van der Waals surface area (Å²) in [7, 11) is 1.25. The van der Waals surface area contributed by atoms with Crippen LogP contribution in [0.5, 0.6) is 5.75 Å². The monoisotopic (exact) mass is 341 g/mol. The van der Waals surface area contributed by atoms with Crippen molar-refractivity contribution in [3.63, 3.8) is 0 Å². The van der Waals surface area contributed by atoms with Crippen molar-refractivity contribution in [3.05, 3.63) is 29.8 Å². The molecule has 0 bridgehead atoms. The molecule has 7 heteroatoms. The van der Waals surface area contributed by atoms with Crippen LogP contribution in [-0.2, 0) is 20.7 Å². The van der Waals surface area contributed by atoms with E-state index in [0.29, 0.717) is 5.75 Å². The van der Waals surface area contributed by atoms with Crippen LogP contribution in [0.25, 0.3) is 0 Å². The molecule has 0 saturated carbocycles. The molecule has 1 aromatic rings. The molecule has 24 heavy (non-hydrogen) atoms. The molecule has 6 nitrogen and oxygen atoms in total. The number of hydrogen-bond acceptors (Lipinski definition) is 5. The molecule has 1 N–H and O–H groups in total. The van der Waals surface area contributed by atoms with E-state index in [9.17, 15) is 14.0 Å². The third-order valence-electron chi connectivity index (χ3n) is 2.89. The van der Waals surface area contributed by atoms with Gasteiger partial charge in [0.25, 0.3) is 0 Å². The van der Waals surface area contributed by atoms with Crippen molar-refractivity contribution in [1.29, 1.82) is 0 Å². The van der Waals surface area contributed by atoms with Gasteiger partial charge in [-0.25, -0.2) is 14.0 Å². The third kappa shape index (κ3) is 7.30. The summed E-state index contributed by atoms with van der Waals surface area (Å²) >= 11 is 0. The molecule has 0 fully saturated rings. The lowest BCUT2D eigenvalue weighted by Gasteiger charge is -2.22. The molecule has 1 aromatic carbocycles. The molecule has 0 spiro atoms. The topological polar surface area (TPSA) is 73.9 Å². The number of carbonyl (C=O) groups is 2. The minimum absolute atomic E-state index is 0.00959. The Morgan fingerprint density at radius 3 is 2.33 bits per heavy atom. The lowest BCUT2D eigenvalue weighted by atomic mass is 10.1. The summed E-state index contributed by atoms with van der Waals surface area (Å²) in [6.45, 7) is 4.62. The van der Waals surface area contributed by atoms with Crippen LogP contribution < -0.4 is 10.1 Å². The second-order valence-electron chi connectivity index (χ2n) is 6.11. The van der Waals surface area contributed by atoms with Crippen LogP contribution in [0.3, 0.4) is 0 Å². The number of esters is 1. The number of benzene rings is 1. The van der Waals surface area contributed by atoms with Gasteiger partial charge in [-0.2, -0.15) is 0 Å². The summed E-state index contributed by atoms with van der Waals surface area (Å²) in [5, 5.41) is 2.51. The number of ether oxygens (including phenoxy) is 3. The zero-order chi connectivity index (χ0) is 18.2. The molecule has 0 radical (unpaired) electrons. The number of hydrogen-bond donors (Lipinski definition) is 1. The molecule has 0 heterocycles. The number of nitrogens with one attached hydrogen (secondary N) is 1. The number of alkyl carbamates (subject to hydrolysis) is 1. The van der Waals surface area contributed by atoms with E-state index in [-0.39, 0.29) is 13.0 Å². The second kappa shape index (κ2) is 9.10. The molecule has 1 atom stereocenters. The molecule has 0 saturated heterocycles. The van der Waals surface area contributed by atoms with E-state index < -0.39 is 30.4 Å². The van der Waals surface area contributed by atoms with Crippen molar-refractivity contribution >= 4 is 12.1 Å². The zero-order valence-electron chi connectivity index (χ0n) is 14.4. The van der Waals surface area contributed by atoms with Crippen LogP contribution in [0, 0.1) is 0 Å². The lowest BCUT2D eigenvalue weighted by Crippen LogP contribution is -2.45. The van der Waals surface area contributed by atoms with Gasteiger partial charge in [0.15, 0.2) is 0 Å². The van der Waals surface area contributed by atoms with Crippen molar-refractivity contribution in [1.82, 2.24) is 5.32 Å². The number of alkyl halides is 1. The van der Waals surface area contributed by atoms with Gasteiger partial charge in [0.1, 0.15) is 30.7 Å². The van der Waals surface area contributed by atoms with E-state index in [1.807, 2.05) is 0 Å². The Labute approximate surface area is 141 Å². The number of carbonyl (C=O) groups excluding carboxylic acids is 2. The predicted molar refractivity (Wildman–Crippen MR) is 86.8 cm³/mol. The summed E-state index contributed by atoms with van der Waals surface area (Å²) < 4.78 is 27.1. The average molecular weight is 341 g/mol. The first kappa shape index (κ1) is 19.7. The van der Waals surface area contributed by atoms with Gasteiger partial charge in [-0.05, 0) is 38.5 Å². The Morgan fingerprint density at radius 2 is 1.83 bits per heavy atom. The number of methoxy groups -OCH3 is 1. The molecule has 1 rings (SSSR count). The molecule has 134 valence electrons. The molecular weight excluding hydrogens is 317 g/mol. The summed E-state index contributed by atoms with van der Waals surface area (Å²) in [6, 6.07) is 5.95. The zero-order valence-corrected chi connectivity index (χ0v) is 14.4. The first-order valence-electron chi connectivity index (χ1n) is 7.60. The first-order chi connectivity index (χ1) is 11.2. The highest BCUT2D eigenvalue weighted by molar-refractivity contribution is 5.81. The maximum Gasteiger partial charge on any atom is 0.408 e. The molecular formula is C17H24FNO5. The van der Waals surface area contributed by atoms with Crippen molar-refractivity contribution in [2.45, 2.75) is 38.8 Å². The van der Waals surface area contributed by atoms with E-state index in [0.717, 1.165) is 5.56 Å². The normalized spacial score (nSPS) is 12.2. The van der Waals surface area contributed by atoms with E-state index in [1.165, 1.54) is 7.11 Å². The van der Waals surface area contributed by atoms with Crippen molar-refractivity contribution in [2.24, 2.45) is 0 Å². The van der Waals surface area contributed by atoms with Crippen LogP contribution in [-0.4, -0.2) is 44.1 Å². The summed E-state index contributed by atoms with van der Waals surface area (Å²) in [5.74, 6) is -0.0373. The average Bonchev–Trinajstić information content (AvgIpc) is 2.51. The highest BCUT2D eigenvalue weighted by Gasteiger charge is 2.25. The van der Waals surface area contributed by atoms with Gasteiger partial charge in [-0.15, -0.1) is 0 Å². The van der Waals surface area contributed by atoms with E-state index in [4.69, 9.17) is 14.2 Å². The van der Waals surface area contributed by atoms with Gasteiger partial charge >= 0.3 is 12.1 Å².